The topological polar surface area (TPSA) is 27.1 Å². The number of aryl methyl sites for hydroxylation is 2. The van der Waals surface area contributed by atoms with E-state index >= 15 is 0 Å². The summed E-state index contributed by atoms with van der Waals surface area (Å²) in [4.78, 5) is 4.65. The van der Waals surface area contributed by atoms with E-state index in [2.05, 4.69) is 22.5 Å². The maximum atomic E-state index is 5.82. The van der Waals surface area contributed by atoms with Gasteiger partial charge in [-0.3, -0.25) is 0 Å². The lowest BCUT2D eigenvalue weighted by molar-refractivity contribution is 0.419. The van der Waals surface area contributed by atoms with Gasteiger partial charge in [0.15, 0.2) is 0 Å². The van der Waals surface area contributed by atoms with Crippen LogP contribution in [0, 0.1) is 0 Å². The number of nitrogens with zero attached hydrogens (tertiary/aromatic N) is 2. The van der Waals surface area contributed by atoms with Gasteiger partial charge in [-0.15, -0.1) is 11.6 Å². The van der Waals surface area contributed by atoms with Crippen molar-refractivity contribution in [3.63, 3.8) is 0 Å². The lowest BCUT2D eigenvalue weighted by Crippen LogP contribution is -2.03. The van der Waals surface area contributed by atoms with Crippen molar-refractivity contribution in [1.82, 2.24) is 9.55 Å². The number of hydrogen-bond donors (Lipinski definition) is 0. The zero-order valence-electron chi connectivity index (χ0n) is 10.2. The lowest BCUT2D eigenvalue weighted by Gasteiger charge is -2.06. The van der Waals surface area contributed by atoms with Gasteiger partial charge in [-0.25, -0.2) is 4.98 Å². The summed E-state index contributed by atoms with van der Waals surface area (Å²) >= 11 is 5.82. The van der Waals surface area contributed by atoms with Crippen LogP contribution in [0.2, 0.25) is 0 Å². The van der Waals surface area contributed by atoms with Gasteiger partial charge < -0.3 is 9.30 Å². The summed E-state index contributed by atoms with van der Waals surface area (Å²) < 4.78 is 7.58. The van der Waals surface area contributed by atoms with E-state index in [4.69, 9.17) is 16.3 Å². The Balaban J connectivity index is 2.60. The second-order valence-electron chi connectivity index (χ2n) is 3.95. The molecule has 92 valence electrons. The Morgan fingerprint density at radius 1 is 1.41 bits per heavy atom. The van der Waals surface area contributed by atoms with Crippen LogP contribution in [0.1, 0.15) is 19.2 Å². The normalized spacial score (nSPS) is 11.0. The molecule has 0 radical (unpaired) electrons. The van der Waals surface area contributed by atoms with Crippen molar-refractivity contribution in [3.05, 3.63) is 24.0 Å². The highest BCUT2D eigenvalue weighted by atomic mass is 35.5. The summed E-state index contributed by atoms with van der Waals surface area (Å²) in [5.74, 6) is 2.46. The predicted octanol–water partition coefficient (Wildman–Crippen LogP) is 3.24. The van der Waals surface area contributed by atoms with Crippen LogP contribution in [0.25, 0.3) is 11.0 Å². The monoisotopic (exact) mass is 252 g/mol. The quantitative estimate of drug-likeness (QED) is 0.764. The molecule has 0 unspecified atom stereocenters. The fourth-order valence-corrected chi connectivity index (χ4v) is 2.25. The summed E-state index contributed by atoms with van der Waals surface area (Å²) in [6, 6.07) is 6.02. The summed E-state index contributed by atoms with van der Waals surface area (Å²) in [5.41, 5.74) is 2.06. The molecule has 2 rings (SSSR count). The molecule has 17 heavy (non-hydrogen) atoms. The maximum Gasteiger partial charge on any atom is 0.146 e. The number of methoxy groups -OCH3 is 1. The van der Waals surface area contributed by atoms with Crippen molar-refractivity contribution >= 4 is 22.6 Å². The third-order valence-electron chi connectivity index (χ3n) is 2.81. The van der Waals surface area contributed by atoms with Crippen molar-refractivity contribution < 1.29 is 4.74 Å². The van der Waals surface area contributed by atoms with E-state index < -0.39 is 0 Å². The Bertz CT molecular complexity index is 507. The van der Waals surface area contributed by atoms with Crippen molar-refractivity contribution in [3.8, 4) is 5.75 Å². The molecule has 0 N–H and O–H groups in total. The molecule has 0 bridgehead atoms. The second-order valence-corrected chi connectivity index (χ2v) is 4.32. The number of para-hydroxylation sites is 1. The molecule has 0 saturated carbocycles. The number of imidazole rings is 1. The van der Waals surface area contributed by atoms with Gasteiger partial charge in [-0.05, 0) is 18.6 Å². The first kappa shape index (κ1) is 12.2. The molecule has 0 amide bonds. The van der Waals surface area contributed by atoms with Crippen molar-refractivity contribution in [2.75, 3.05) is 13.0 Å². The maximum absolute atomic E-state index is 5.82. The number of ether oxygens (including phenoxy) is 1. The summed E-state index contributed by atoms with van der Waals surface area (Å²) in [5, 5.41) is 0. The van der Waals surface area contributed by atoms with E-state index in [0.29, 0.717) is 5.88 Å². The van der Waals surface area contributed by atoms with Crippen molar-refractivity contribution in [2.24, 2.45) is 0 Å². The first-order chi connectivity index (χ1) is 8.31. The van der Waals surface area contributed by atoms with Gasteiger partial charge in [-0.1, -0.05) is 13.0 Å². The van der Waals surface area contributed by atoms with Crippen LogP contribution in [0.3, 0.4) is 0 Å². The number of hydrogen-bond acceptors (Lipinski definition) is 2. The number of fused-ring (bicyclic) bond motifs is 1. The van der Waals surface area contributed by atoms with Gasteiger partial charge in [-0.2, -0.15) is 0 Å². The Hall–Kier alpha value is -1.22. The molecular weight excluding hydrogens is 236 g/mol. The molecule has 0 saturated heterocycles. The Morgan fingerprint density at radius 2 is 2.24 bits per heavy atom. The van der Waals surface area contributed by atoms with E-state index in [1.54, 1.807) is 7.11 Å². The smallest absolute Gasteiger partial charge is 0.146 e. The molecule has 0 aliphatic carbocycles. The summed E-state index contributed by atoms with van der Waals surface area (Å²) in [6.07, 6.45) is 1.87. The summed E-state index contributed by atoms with van der Waals surface area (Å²) in [7, 11) is 1.68. The molecule has 1 aromatic carbocycles. The molecule has 0 aliphatic heterocycles. The third kappa shape index (κ3) is 2.25. The van der Waals surface area contributed by atoms with Crippen LogP contribution in [-0.2, 0) is 13.0 Å². The fraction of sp³-hybridized carbons (Fsp3) is 0.462. The van der Waals surface area contributed by atoms with E-state index in [-0.39, 0.29) is 0 Å². The lowest BCUT2D eigenvalue weighted by atomic mass is 10.3. The highest BCUT2D eigenvalue weighted by Gasteiger charge is 2.12. The highest BCUT2D eigenvalue weighted by molar-refractivity contribution is 6.17. The minimum atomic E-state index is 0.593. The standard InChI is InChI=1S/C13H17ClN2O/c1-3-9-16-10-5-4-6-11(17-2)13(10)15-12(16)7-8-14/h4-6H,3,7-9H2,1-2H3. The van der Waals surface area contributed by atoms with Crippen LogP contribution in [0.4, 0.5) is 0 Å². The van der Waals surface area contributed by atoms with Crippen LogP contribution in [0.5, 0.6) is 5.75 Å². The second kappa shape index (κ2) is 5.41. The van der Waals surface area contributed by atoms with Crippen molar-refractivity contribution in [1.29, 1.82) is 0 Å². The molecule has 1 heterocycles. The minimum Gasteiger partial charge on any atom is -0.494 e. The number of aromatic nitrogens is 2. The number of rotatable bonds is 5. The number of alkyl halides is 1. The number of benzene rings is 1. The highest BCUT2D eigenvalue weighted by Crippen LogP contribution is 2.26. The van der Waals surface area contributed by atoms with Crippen LogP contribution >= 0.6 is 11.6 Å². The molecular formula is C13H17ClN2O. The Kier molecular flexibility index (Phi) is 3.89. The van der Waals surface area contributed by atoms with Gasteiger partial charge >= 0.3 is 0 Å². The van der Waals surface area contributed by atoms with Gasteiger partial charge in [0.1, 0.15) is 17.1 Å². The fourth-order valence-electron chi connectivity index (χ4n) is 2.08. The van der Waals surface area contributed by atoms with Crippen LogP contribution < -0.4 is 4.74 Å². The first-order valence-corrected chi connectivity index (χ1v) is 6.43. The van der Waals surface area contributed by atoms with Crippen LogP contribution in [0.15, 0.2) is 18.2 Å². The predicted molar refractivity (Wildman–Crippen MR) is 71.0 cm³/mol. The van der Waals surface area contributed by atoms with Crippen LogP contribution in [-0.4, -0.2) is 22.5 Å². The third-order valence-corrected chi connectivity index (χ3v) is 3.00. The molecule has 2 aromatic rings. The van der Waals surface area contributed by atoms with Gasteiger partial charge in [0, 0.05) is 18.8 Å². The van der Waals surface area contributed by atoms with E-state index in [1.165, 1.54) is 0 Å². The molecule has 0 spiro atoms. The van der Waals surface area contributed by atoms with Gasteiger partial charge in [0.2, 0.25) is 0 Å². The van der Waals surface area contributed by atoms with Gasteiger partial charge in [0.05, 0.1) is 12.6 Å². The Labute approximate surface area is 106 Å². The Morgan fingerprint density at radius 3 is 2.88 bits per heavy atom. The largest absolute Gasteiger partial charge is 0.494 e. The van der Waals surface area contributed by atoms with Crippen molar-refractivity contribution in [2.45, 2.75) is 26.3 Å². The number of halogens is 1. The molecule has 0 fully saturated rings. The molecule has 0 aliphatic rings. The van der Waals surface area contributed by atoms with E-state index in [9.17, 15) is 0 Å². The zero-order valence-corrected chi connectivity index (χ0v) is 11.0. The SMILES string of the molecule is CCCn1c(CCCl)nc2c(OC)cccc21. The first-order valence-electron chi connectivity index (χ1n) is 5.89. The molecule has 0 atom stereocenters. The van der Waals surface area contributed by atoms with E-state index in [1.807, 2.05) is 12.1 Å². The van der Waals surface area contributed by atoms with E-state index in [0.717, 1.165) is 42.0 Å². The molecule has 3 nitrogen and oxygen atoms in total. The average molecular weight is 253 g/mol. The average Bonchev–Trinajstić information content (AvgIpc) is 2.69. The van der Waals surface area contributed by atoms with Gasteiger partial charge in [0.25, 0.3) is 0 Å². The summed E-state index contributed by atoms with van der Waals surface area (Å²) in [6.45, 7) is 3.13. The minimum absolute atomic E-state index is 0.593. The molecule has 1 aromatic heterocycles. The molecule has 4 heteroatoms. The zero-order chi connectivity index (χ0) is 12.3.